The summed E-state index contributed by atoms with van der Waals surface area (Å²) in [6.45, 7) is 1.08. The fourth-order valence-electron chi connectivity index (χ4n) is 5.07. The van der Waals surface area contributed by atoms with Crippen LogP contribution in [0.2, 0.25) is 0 Å². The van der Waals surface area contributed by atoms with Crippen LogP contribution in [0.15, 0.2) is 69.9 Å². The van der Waals surface area contributed by atoms with Gasteiger partial charge in [-0.3, -0.25) is 14.1 Å². The monoisotopic (exact) mass is 554 g/mol. The Hall–Kier alpha value is -3.45. The van der Waals surface area contributed by atoms with E-state index in [0.717, 1.165) is 37.0 Å². The number of nitrogens with one attached hydrogen (secondary N) is 1. The lowest BCUT2D eigenvalue weighted by molar-refractivity contribution is 0.0719. The second-order valence-electron chi connectivity index (χ2n) is 9.31. The summed E-state index contributed by atoms with van der Waals surface area (Å²) in [7, 11) is -4.79. The van der Waals surface area contributed by atoms with E-state index in [2.05, 4.69) is 9.12 Å². The number of hydrogen-bond acceptors (Lipinski definition) is 8. The minimum Gasteiger partial charge on any atom is -0.472 e. The molecule has 1 fully saturated rings. The fourth-order valence-corrected chi connectivity index (χ4v) is 7.01. The second kappa shape index (κ2) is 10.4. The van der Waals surface area contributed by atoms with Crippen molar-refractivity contribution in [2.24, 2.45) is 10.1 Å². The van der Waals surface area contributed by atoms with E-state index in [-0.39, 0.29) is 23.5 Å². The van der Waals surface area contributed by atoms with Gasteiger partial charge in [0.15, 0.2) is 5.04 Å². The quantitative estimate of drug-likeness (QED) is 0.309. The number of nitrogens with two attached hydrogens (primary N) is 1. The van der Waals surface area contributed by atoms with Gasteiger partial charge < -0.3 is 15.1 Å². The van der Waals surface area contributed by atoms with Crippen LogP contribution >= 0.6 is 12.1 Å². The van der Waals surface area contributed by atoms with E-state index in [1.807, 2.05) is 30.3 Å². The number of rotatable bonds is 6. The molecule has 1 atom stereocenters. The van der Waals surface area contributed by atoms with E-state index in [1.165, 1.54) is 24.7 Å². The van der Waals surface area contributed by atoms with E-state index in [1.54, 1.807) is 11.0 Å². The van der Waals surface area contributed by atoms with Crippen LogP contribution in [0.5, 0.6) is 0 Å². The van der Waals surface area contributed by atoms with Gasteiger partial charge in [0.2, 0.25) is 5.91 Å². The maximum Gasteiger partial charge on any atom is 0.311 e. The van der Waals surface area contributed by atoms with Crippen LogP contribution in [0.3, 0.4) is 0 Å². The van der Waals surface area contributed by atoms with Gasteiger partial charge in [0.1, 0.15) is 5.54 Å². The predicted molar refractivity (Wildman–Crippen MR) is 144 cm³/mol. The Balaban J connectivity index is 1.80. The first-order chi connectivity index (χ1) is 18.2. The minimum atomic E-state index is -4.79. The highest BCUT2D eigenvalue weighted by atomic mass is 32.2. The maximum atomic E-state index is 13.7. The van der Waals surface area contributed by atoms with Gasteiger partial charge in [0.25, 0.3) is 5.91 Å². The third-order valence-corrected chi connectivity index (χ3v) is 8.62. The van der Waals surface area contributed by atoms with Crippen LogP contribution in [-0.4, -0.2) is 47.8 Å². The zero-order valence-corrected chi connectivity index (χ0v) is 21.9. The third-order valence-electron chi connectivity index (χ3n) is 6.86. The van der Waals surface area contributed by atoms with Gasteiger partial charge in [-0.2, -0.15) is 12.8 Å². The highest BCUT2D eigenvalue weighted by molar-refractivity contribution is 8.05. The smallest absolute Gasteiger partial charge is 0.311 e. The fraction of sp³-hybridized carbons (Fsp3) is 0.269. The average molecular weight is 555 g/mol. The first kappa shape index (κ1) is 26.2. The van der Waals surface area contributed by atoms with Gasteiger partial charge in [-0.25, -0.2) is 4.72 Å². The van der Waals surface area contributed by atoms with Gasteiger partial charge >= 0.3 is 10.1 Å². The van der Waals surface area contributed by atoms with E-state index in [0.29, 0.717) is 29.8 Å². The number of hydrogen-bond donors (Lipinski definition) is 3. The van der Waals surface area contributed by atoms with Crippen molar-refractivity contribution in [3.8, 4) is 11.1 Å². The van der Waals surface area contributed by atoms with Gasteiger partial charge in [-0.15, -0.1) is 0 Å². The summed E-state index contributed by atoms with van der Waals surface area (Å²) in [6.07, 6.45) is 5.64. The van der Waals surface area contributed by atoms with E-state index >= 15 is 0 Å². The zero-order chi connectivity index (χ0) is 26.9. The Morgan fingerprint density at radius 3 is 2.47 bits per heavy atom. The summed E-state index contributed by atoms with van der Waals surface area (Å²) in [5.74, 6) is -1.17. The molecule has 1 aromatic heterocycles. The number of furan rings is 1. The molecule has 0 radical (unpaired) electrons. The molecule has 1 saturated heterocycles. The van der Waals surface area contributed by atoms with E-state index in [4.69, 9.17) is 10.2 Å². The second-order valence-corrected chi connectivity index (χ2v) is 11.2. The van der Waals surface area contributed by atoms with Crippen molar-refractivity contribution < 1.29 is 27.0 Å². The topological polar surface area (TPSA) is 155 Å². The van der Waals surface area contributed by atoms with Gasteiger partial charge in [0.05, 0.1) is 35.8 Å². The van der Waals surface area contributed by atoms with Crippen LogP contribution in [-0.2, 0) is 22.1 Å². The van der Waals surface area contributed by atoms with E-state index < -0.39 is 26.6 Å². The summed E-state index contributed by atoms with van der Waals surface area (Å²) in [5, 5.41) is -0.508. The molecule has 4 N–H and O–H groups in total. The normalized spacial score (nSPS) is 19.8. The van der Waals surface area contributed by atoms with Crippen LogP contribution in [0, 0.1) is 0 Å². The van der Waals surface area contributed by atoms with Gasteiger partial charge in [0, 0.05) is 25.1 Å². The van der Waals surface area contributed by atoms with Gasteiger partial charge in [-0.1, -0.05) is 30.3 Å². The number of likely N-dealkylation sites (tertiary alicyclic amines) is 1. The molecule has 2 aromatic carbocycles. The largest absolute Gasteiger partial charge is 0.472 e. The lowest BCUT2D eigenvalue weighted by atomic mass is 9.79. The van der Waals surface area contributed by atoms with Crippen molar-refractivity contribution in [2.45, 2.75) is 31.2 Å². The number of amides is 2. The molecule has 0 bridgehead atoms. The van der Waals surface area contributed by atoms with Crippen molar-refractivity contribution in [1.82, 2.24) is 9.62 Å². The number of benzene rings is 2. The standard InChI is InChI=1S/C26H26N4O6S2/c27-23(31)20-13-19(18-9-12-36-16-18)22(14-21(20)24(32)30-10-5-2-6-11-30)26(15-17-7-3-1-4-8-17)25(28-37-29-26)38(33,34)35/h1,3-4,7-9,12-14,16,29H,2,5-6,10-11,15H2,(H2,27,31)(H,33,34,35). The Labute approximate surface area is 224 Å². The van der Waals surface area contributed by atoms with Crippen LogP contribution in [0.4, 0.5) is 0 Å². The average Bonchev–Trinajstić information content (AvgIpc) is 3.60. The Morgan fingerprint density at radius 1 is 1.11 bits per heavy atom. The number of carbonyl (C=O) groups is 2. The first-order valence-corrected chi connectivity index (χ1v) is 14.3. The molecule has 3 aromatic rings. The zero-order valence-electron chi connectivity index (χ0n) is 20.3. The highest BCUT2D eigenvalue weighted by Gasteiger charge is 2.50. The molecule has 2 aliphatic heterocycles. The number of carbonyl (C=O) groups excluding carboxylic acids is 2. The molecule has 1 unspecified atom stereocenters. The number of piperidine rings is 1. The first-order valence-electron chi connectivity index (χ1n) is 12.0. The van der Waals surface area contributed by atoms with Crippen LogP contribution < -0.4 is 10.5 Å². The molecule has 2 amide bonds. The van der Waals surface area contributed by atoms with Crippen molar-refractivity contribution in [3.63, 3.8) is 0 Å². The molecule has 3 heterocycles. The molecular formula is C26H26N4O6S2. The molecule has 10 nitrogen and oxygen atoms in total. The molecule has 5 rings (SSSR count). The van der Waals surface area contributed by atoms with Crippen molar-refractivity contribution in [2.75, 3.05) is 13.1 Å². The molecule has 0 aliphatic carbocycles. The SMILES string of the molecule is NC(=O)c1cc(-c2ccoc2)c(C2(Cc3ccccc3)NSN=C2S(=O)(=O)O)cc1C(=O)N1CCCCC1. The summed E-state index contributed by atoms with van der Waals surface area (Å²) in [5.41, 5.74) is 6.24. The summed E-state index contributed by atoms with van der Waals surface area (Å²) in [6, 6.07) is 13.7. The van der Waals surface area contributed by atoms with Crippen molar-refractivity contribution >= 4 is 39.1 Å². The summed E-state index contributed by atoms with van der Waals surface area (Å²) < 4.78 is 48.0. The third kappa shape index (κ3) is 4.87. The molecule has 0 spiro atoms. The number of primary amides is 1. The molecule has 12 heteroatoms. The van der Waals surface area contributed by atoms with Gasteiger partial charge in [-0.05, 0) is 54.2 Å². The Bertz CT molecular complexity index is 1500. The molecule has 198 valence electrons. The maximum absolute atomic E-state index is 13.7. The predicted octanol–water partition coefficient (Wildman–Crippen LogP) is 3.56. The minimum absolute atomic E-state index is 0.00591. The van der Waals surface area contributed by atoms with Crippen LogP contribution in [0.25, 0.3) is 11.1 Å². The molecular weight excluding hydrogens is 528 g/mol. The summed E-state index contributed by atoms with van der Waals surface area (Å²) >= 11 is 0.777. The Kier molecular flexibility index (Phi) is 7.14. The summed E-state index contributed by atoms with van der Waals surface area (Å²) in [4.78, 5) is 28.0. The Morgan fingerprint density at radius 2 is 1.84 bits per heavy atom. The van der Waals surface area contributed by atoms with Crippen LogP contribution in [0.1, 0.15) is 51.1 Å². The lowest BCUT2D eigenvalue weighted by Gasteiger charge is -2.33. The molecule has 0 saturated carbocycles. The highest BCUT2D eigenvalue weighted by Crippen LogP contribution is 2.43. The van der Waals surface area contributed by atoms with Crippen molar-refractivity contribution in [3.05, 3.63) is 83.3 Å². The molecule has 38 heavy (non-hydrogen) atoms. The van der Waals surface area contributed by atoms with E-state index in [9.17, 15) is 22.6 Å². The lowest BCUT2D eigenvalue weighted by Crippen LogP contribution is -2.48. The number of nitrogens with zero attached hydrogens (tertiary/aromatic N) is 2. The van der Waals surface area contributed by atoms with Crippen molar-refractivity contribution in [1.29, 1.82) is 0 Å². The molecule has 2 aliphatic rings.